The summed E-state index contributed by atoms with van der Waals surface area (Å²) >= 11 is 0. The van der Waals surface area contributed by atoms with Crippen LogP contribution >= 0.6 is 0 Å². The fourth-order valence-electron chi connectivity index (χ4n) is 9.82. The molecule has 62 heavy (non-hydrogen) atoms. The van der Waals surface area contributed by atoms with Crippen LogP contribution in [0.4, 0.5) is 17.1 Å². The molecule has 2 heteroatoms. The van der Waals surface area contributed by atoms with Crippen LogP contribution in [-0.4, -0.2) is 4.57 Å². The minimum absolute atomic E-state index is 1.08. The Kier molecular flexibility index (Phi) is 8.67. The van der Waals surface area contributed by atoms with Gasteiger partial charge in [0.1, 0.15) is 0 Å². The maximum atomic E-state index is 2.44. The van der Waals surface area contributed by atoms with Crippen molar-refractivity contribution in [1.29, 1.82) is 0 Å². The molecule has 0 N–H and O–H groups in total. The van der Waals surface area contributed by atoms with E-state index in [9.17, 15) is 0 Å². The van der Waals surface area contributed by atoms with Crippen LogP contribution in [0.25, 0.3) is 87.6 Å². The summed E-state index contributed by atoms with van der Waals surface area (Å²) in [6, 6.07) is 78.1. The molecule has 0 saturated carbocycles. The summed E-state index contributed by atoms with van der Waals surface area (Å²) in [5.74, 6) is 0. The highest BCUT2D eigenvalue weighted by molar-refractivity contribution is 6.25. The summed E-state index contributed by atoms with van der Waals surface area (Å²) in [6.45, 7) is 0. The van der Waals surface area contributed by atoms with Crippen molar-refractivity contribution in [2.45, 2.75) is 12.8 Å². The van der Waals surface area contributed by atoms with Crippen LogP contribution in [0.2, 0.25) is 0 Å². The number of aromatic nitrogens is 1. The van der Waals surface area contributed by atoms with Crippen LogP contribution in [0, 0.1) is 0 Å². The predicted molar refractivity (Wildman–Crippen MR) is 265 cm³/mol. The summed E-state index contributed by atoms with van der Waals surface area (Å²) in [4.78, 5) is 2.36. The predicted octanol–water partition coefficient (Wildman–Crippen LogP) is 16.8. The van der Waals surface area contributed by atoms with Crippen LogP contribution < -0.4 is 4.90 Å². The molecule has 0 radical (unpaired) electrons. The molecule has 292 valence electrons. The third kappa shape index (κ3) is 6.11. The van der Waals surface area contributed by atoms with E-state index in [1.54, 1.807) is 0 Å². The number of anilines is 3. The van der Waals surface area contributed by atoms with E-state index in [4.69, 9.17) is 0 Å². The first-order valence-electron chi connectivity index (χ1n) is 21.6. The van der Waals surface area contributed by atoms with Crippen LogP contribution in [0.1, 0.15) is 18.4 Å². The van der Waals surface area contributed by atoms with Crippen molar-refractivity contribution in [3.8, 4) is 27.9 Å². The number of nitrogens with zero attached hydrogens (tertiary/aromatic N) is 2. The van der Waals surface area contributed by atoms with Crippen molar-refractivity contribution in [3.63, 3.8) is 0 Å². The van der Waals surface area contributed by atoms with Gasteiger partial charge in [0.2, 0.25) is 0 Å². The van der Waals surface area contributed by atoms with Crippen molar-refractivity contribution in [1.82, 2.24) is 4.57 Å². The van der Waals surface area contributed by atoms with Gasteiger partial charge < -0.3 is 9.47 Å². The van der Waals surface area contributed by atoms with E-state index in [0.717, 1.165) is 29.9 Å². The number of para-hydroxylation sites is 1. The zero-order chi connectivity index (χ0) is 41.0. The maximum absolute atomic E-state index is 2.44. The number of allylic oxidation sites excluding steroid dienone is 4. The van der Waals surface area contributed by atoms with Crippen LogP contribution in [0.5, 0.6) is 0 Å². The highest BCUT2D eigenvalue weighted by atomic mass is 15.1. The lowest BCUT2D eigenvalue weighted by atomic mass is 9.94. The van der Waals surface area contributed by atoms with Gasteiger partial charge >= 0.3 is 0 Å². The lowest BCUT2D eigenvalue weighted by molar-refractivity contribution is 1.05. The molecule has 0 spiro atoms. The number of fused-ring (bicyclic) bond motifs is 9. The number of rotatable bonds is 7. The monoisotopic (exact) mass is 790 g/mol. The summed E-state index contributed by atoms with van der Waals surface area (Å²) in [6.07, 6.45) is 8.84. The Hall–Kier alpha value is -7.94. The average molecular weight is 791 g/mol. The fourth-order valence-corrected chi connectivity index (χ4v) is 9.82. The molecule has 0 atom stereocenters. The van der Waals surface area contributed by atoms with E-state index in [2.05, 4.69) is 240 Å². The highest BCUT2D eigenvalue weighted by Gasteiger charge is 2.18. The molecule has 0 bridgehead atoms. The van der Waals surface area contributed by atoms with Gasteiger partial charge in [0, 0.05) is 33.5 Å². The minimum atomic E-state index is 1.08. The molecule has 1 aromatic heterocycles. The molecule has 2 nitrogen and oxygen atoms in total. The largest absolute Gasteiger partial charge is 0.311 e. The van der Waals surface area contributed by atoms with E-state index in [1.807, 2.05) is 0 Å². The van der Waals surface area contributed by atoms with E-state index in [0.29, 0.717) is 0 Å². The molecule has 1 aliphatic rings. The first-order chi connectivity index (χ1) is 30.7. The SMILES string of the molecule is C1=CCCC(c2ccc(N(c3ccc(-c4ccccc4)cc3)c3ccc(-c4ccc5c(c4)c4ccccc4n5-c4ccc5c6ccccc6c6ccccc6c5c4)cc3)cc2)=C1. The fraction of sp³-hybridized carbons (Fsp3) is 0.0333. The molecule has 1 heterocycles. The molecule has 0 amide bonds. The lowest BCUT2D eigenvalue weighted by Gasteiger charge is -2.26. The van der Waals surface area contributed by atoms with Gasteiger partial charge in [0.25, 0.3) is 0 Å². The van der Waals surface area contributed by atoms with Gasteiger partial charge in [-0.05, 0) is 145 Å². The minimum Gasteiger partial charge on any atom is -0.311 e. The lowest BCUT2D eigenvalue weighted by Crippen LogP contribution is -2.10. The summed E-state index contributed by atoms with van der Waals surface area (Å²) < 4.78 is 2.44. The zero-order valence-electron chi connectivity index (χ0n) is 34.2. The molecule has 12 rings (SSSR count). The van der Waals surface area contributed by atoms with Gasteiger partial charge in [-0.1, -0.05) is 164 Å². The second-order valence-corrected chi connectivity index (χ2v) is 16.4. The third-order valence-corrected chi connectivity index (χ3v) is 12.9. The van der Waals surface area contributed by atoms with Crippen molar-refractivity contribution in [2.24, 2.45) is 0 Å². The van der Waals surface area contributed by atoms with Gasteiger partial charge in [-0.3, -0.25) is 0 Å². The molecule has 0 aliphatic heterocycles. The molecule has 10 aromatic carbocycles. The second kappa shape index (κ2) is 15.0. The van der Waals surface area contributed by atoms with Gasteiger partial charge in [-0.15, -0.1) is 0 Å². The van der Waals surface area contributed by atoms with Gasteiger partial charge in [0.15, 0.2) is 0 Å². The van der Waals surface area contributed by atoms with Crippen LogP contribution in [0.3, 0.4) is 0 Å². The van der Waals surface area contributed by atoms with Crippen molar-refractivity contribution in [3.05, 3.63) is 236 Å². The normalized spacial score (nSPS) is 12.7. The average Bonchev–Trinajstić information content (AvgIpc) is 3.69. The third-order valence-electron chi connectivity index (χ3n) is 12.9. The first kappa shape index (κ1) is 36.0. The van der Waals surface area contributed by atoms with Crippen LogP contribution in [0.15, 0.2) is 231 Å². The molecule has 0 fully saturated rings. The maximum Gasteiger partial charge on any atom is 0.0541 e. The Labute approximate surface area is 361 Å². The molecule has 0 saturated heterocycles. The summed E-state index contributed by atoms with van der Waals surface area (Å²) in [7, 11) is 0. The Morgan fingerprint density at radius 2 is 0.823 bits per heavy atom. The molecule has 0 unspecified atom stereocenters. The Morgan fingerprint density at radius 1 is 0.339 bits per heavy atom. The first-order valence-corrected chi connectivity index (χ1v) is 21.6. The highest BCUT2D eigenvalue weighted by Crippen LogP contribution is 2.41. The molecule has 1 aliphatic carbocycles. The van der Waals surface area contributed by atoms with E-state index < -0.39 is 0 Å². The Morgan fingerprint density at radius 3 is 1.44 bits per heavy atom. The van der Waals surface area contributed by atoms with Gasteiger partial charge in [0.05, 0.1) is 11.0 Å². The Bertz CT molecular complexity index is 3500. The van der Waals surface area contributed by atoms with Crippen molar-refractivity contribution >= 4 is 76.8 Å². The van der Waals surface area contributed by atoms with Gasteiger partial charge in [-0.25, -0.2) is 0 Å². The molecular weight excluding hydrogens is 749 g/mol. The van der Waals surface area contributed by atoms with Gasteiger partial charge in [-0.2, -0.15) is 0 Å². The topological polar surface area (TPSA) is 8.17 Å². The zero-order valence-corrected chi connectivity index (χ0v) is 34.2. The van der Waals surface area contributed by atoms with E-state index >= 15 is 0 Å². The quantitative estimate of drug-likeness (QED) is 0.146. The van der Waals surface area contributed by atoms with Crippen molar-refractivity contribution in [2.75, 3.05) is 4.90 Å². The van der Waals surface area contributed by atoms with Crippen LogP contribution in [-0.2, 0) is 0 Å². The number of hydrogen-bond donors (Lipinski definition) is 0. The number of hydrogen-bond acceptors (Lipinski definition) is 1. The standard InChI is InChI=1S/C60H42N2/c1-3-13-41(14-4-1)43-23-30-47(31-24-43)61(48-32-25-44(26-33-48)42-15-5-2-6-16-42)49-34-27-45(28-35-49)46-29-38-60-58(39-46)56-21-11-12-22-59(56)62(60)50-36-37-55-53-19-8-7-17-51(53)52-18-9-10-20-54(52)57(55)40-50/h1-5,7-15,17-40H,6,16H2. The molecule has 11 aromatic rings. The summed E-state index contributed by atoms with van der Waals surface area (Å²) in [5.41, 5.74) is 14.4. The van der Waals surface area contributed by atoms with E-state index in [-0.39, 0.29) is 0 Å². The van der Waals surface area contributed by atoms with E-state index in [1.165, 1.54) is 93.2 Å². The second-order valence-electron chi connectivity index (χ2n) is 16.4. The Balaban J connectivity index is 0.935. The number of benzene rings is 10. The smallest absolute Gasteiger partial charge is 0.0541 e. The summed E-state index contributed by atoms with van der Waals surface area (Å²) in [5, 5.41) is 10.2. The van der Waals surface area contributed by atoms with Crippen molar-refractivity contribution < 1.29 is 0 Å². The molecular formula is C60H42N2.